The maximum Gasteiger partial charge on any atom is 0.257 e. The molecular formula is C9H13F2N3OS. The van der Waals surface area contributed by atoms with Crippen LogP contribution in [0.4, 0.5) is 14.5 Å². The number of aryl methyl sites for hydroxylation is 1. The second-order valence-corrected chi connectivity index (χ2v) is 3.71. The molecule has 0 bridgehead atoms. The SMILES string of the molecule is Cc1nn(CC(F)F)cc1NC(=O)CCS. The Labute approximate surface area is 97.4 Å². The third-order valence-corrected chi connectivity index (χ3v) is 2.11. The molecule has 16 heavy (non-hydrogen) atoms. The van der Waals surface area contributed by atoms with E-state index in [1.54, 1.807) is 6.92 Å². The molecule has 1 amide bonds. The molecule has 90 valence electrons. The first-order valence-electron chi connectivity index (χ1n) is 4.76. The van der Waals surface area contributed by atoms with Gasteiger partial charge in [0, 0.05) is 12.6 Å². The van der Waals surface area contributed by atoms with E-state index in [1.165, 1.54) is 6.20 Å². The molecule has 0 fully saturated rings. The molecule has 0 aromatic carbocycles. The fourth-order valence-corrected chi connectivity index (χ4v) is 1.39. The van der Waals surface area contributed by atoms with Crippen molar-refractivity contribution < 1.29 is 13.6 Å². The summed E-state index contributed by atoms with van der Waals surface area (Å²) in [5.41, 5.74) is 0.987. The number of thiol groups is 1. The first-order valence-corrected chi connectivity index (χ1v) is 5.39. The molecule has 0 aliphatic carbocycles. The molecule has 7 heteroatoms. The summed E-state index contributed by atoms with van der Waals surface area (Å²) in [7, 11) is 0. The molecule has 1 heterocycles. The van der Waals surface area contributed by atoms with Gasteiger partial charge in [0.15, 0.2) is 0 Å². The topological polar surface area (TPSA) is 46.9 Å². The lowest BCUT2D eigenvalue weighted by molar-refractivity contribution is -0.115. The molecular weight excluding hydrogens is 236 g/mol. The summed E-state index contributed by atoms with van der Waals surface area (Å²) in [4.78, 5) is 11.3. The van der Waals surface area contributed by atoms with Crippen molar-refractivity contribution in [3.63, 3.8) is 0 Å². The van der Waals surface area contributed by atoms with Gasteiger partial charge >= 0.3 is 0 Å². The minimum Gasteiger partial charge on any atom is -0.323 e. The number of halogens is 2. The van der Waals surface area contributed by atoms with Crippen LogP contribution in [-0.4, -0.2) is 27.9 Å². The fraction of sp³-hybridized carbons (Fsp3) is 0.556. The number of hydrogen-bond donors (Lipinski definition) is 2. The number of aromatic nitrogens is 2. The Balaban J connectivity index is 2.66. The third kappa shape index (κ3) is 3.80. The van der Waals surface area contributed by atoms with Crippen molar-refractivity contribution >= 4 is 24.2 Å². The number of alkyl halides is 2. The van der Waals surface area contributed by atoms with Gasteiger partial charge in [-0.05, 0) is 12.7 Å². The zero-order chi connectivity index (χ0) is 12.1. The molecule has 0 atom stereocenters. The van der Waals surface area contributed by atoms with E-state index in [1.807, 2.05) is 0 Å². The van der Waals surface area contributed by atoms with Gasteiger partial charge in [0.25, 0.3) is 6.43 Å². The number of rotatable bonds is 5. The van der Waals surface area contributed by atoms with E-state index in [9.17, 15) is 13.6 Å². The molecule has 0 aliphatic heterocycles. The van der Waals surface area contributed by atoms with Gasteiger partial charge < -0.3 is 5.32 Å². The second kappa shape index (κ2) is 5.83. The monoisotopic (exact) mass is 249 g/mol. The summed E-state index contributed by atoms with van der Waals surface area (Å²) in [6.07, 6.45) is -0.777. The van der Waals surface area contributed by atoms with E-state index >= 15 is 0 Å². The van der Waals surface area contributed by atoms with Gasteiger partial charge in [-0.2, -0.15) is 17.7 Å². The summed E-state index contributed by atoms with van der Waals surface area (Å²) in [6, 6.07) is 0. The predicted octanol–water partition coefficient (Wildman–Crippen LogP) is 1.72. The molecule has 1 rings (SSSR count). The van der Waals surface area contributed by atoms with Crippen LogP contribution in [0.1, 0.15) is 12.1 Å². The quantitative estimate of drug-likeness (QED) is 0.780. The lowest BCUT2D eigenvalue weighted by atomic mass is 10.3. The predicted molar refractivity (Wildman–Crippen MR) is 60.1 cm³/mol. The highest BCUT2D eigenvalue weighted by Crippen LogP contribution is 2.13. The lowest BCUT2D eigenvalue weighted by Gasteiger charge is -2.01. The highest BCUT2D eigenvalue weighted by atomic mass is 32.1. The van der Waals surface area contributed by atoms with E-state index in [-0.39, 0.29) is 12.3 Å². The zero-order valence-electron chi connectivity index (χ0n) is 8.78. The number of nitrogens with one attached hydrogen (secondary N) is 1. The number of carbonyl (C=O) groups excluding carboxylic acids is 1. The molecule has 1 aromatic rings. The molecule has 0 aliphatic rings. The molecule has 0 spiro atoms. The summed E-state index contributed by atoms with van der Waals surface area (Å²) >= 11 is 3.92. The van der Waals surface area contributed by atoms with Gasteiger partial charge in [-0.25, -0.2) is 8.78 Å². The van der Waals surface area contributed by atoms with Crippen molar-refractivity contribution in [1.82, 2.24) is 9.78 Å². The van der Waals surface area contributed by atoms with Crippen LogP contribution in [0.25, 0.3) is 0 Å². The summed E-state index contributed by atoms with van der Waals surface area (Å²) in [5, 5.41) is 6.46. The highest BCUT2D eigenvalue weighted by Gasteiger charge is 2.10. The van der Waals surface area contributed by atoms with Gasteiger partial charge in [0.05, 0.1) is 11.4 Å². The van der Waals surface area contributed by atoms with Crippen molar-refractivity contribution in [2.75, 3.05) is 11.1 Å². The Morgan fingerprint density at radius 1 is 1.69 bits per heavy atom. The summed E-state index contributed by atoms with van der Waals surface area (Å²) < 4.78 is 25.3. The van der Waals surface area contributed by atoms with Gasteiger partial charge in [-0.3, -0.25) is 9.48 Å². The van der Waals surface area contributed by atoms with Crippen LogP contribution in [0.15, 0.2) is 6.20 Å². The fourth-order valence-electron chi connectivity index (χ4n) is 1.19. The molecule has 0 saturated carbocycles. The van der Waals surface area contributed by atoms with Crippen LogP contribution in [0.2, 0.25) is 0 Å². The smallest absolute Gasteiger partial charge is 0.257 e. The molecule has 0 saturated heterocycles. The molecule has 0 unspecified atom stereocenters. The largest absolute Gasteiger partial charge is 0.323 e. The number of nitrogens with zero attached hydrogens (tertiary/aromatic N) is 2. The molecule has 0 radical (unpaired) electrons. The Kier molecular flexibility index (Phi) is 4.72. The van der Waals surface area contributed by atoms with E-state index in [0.717, 1.165) is 4.68 Å². The third-order valence-electron chi connectivity index (χ3n) is 1.88. The summed E-state index contributed by atoms with van der Waals surface area (Å²) in [5.74, 6) is 0.241. The Bertz CT molecular complexity index is 368. The van der Waals surface area contributed by atoms with E-state index < -0.39 is 13.0 Å². The van der Waals surface area contributed by atoms with Crippen LogP contribution in [-0.2, 0) is 11.3 Å². The zero-order valence-corrected chi connectivity index (χ0v) is 9.68. The van der Waals surface area contributed by atoms with E-state index in [4.69, 9.17) is 0 Å². The summed E-state index contributed by atoms with van der Waals surface area (Å²) in [6.45, 7) is 1.18. The Morgan fingerprint density at radius 2 is 2.38 bits per heavy atom. The Morgan fingerprint density at radius 3 is 2.94 bits per heavy atom. The molecule has 4 nitrogen and oxygen atoms in total. The van der Waals surface area contributed by atoms with Crippen LogP contribution in [0.5, 0.6) is 0 Å². The first kappa shape index (κ1) is 13.0. The molecule has 1 N–H and O–H groups in total. The van der Waals surface area contributed by atoms with E-state index in [0.29, 0.717) is 17.1 Å². The van der Waals surface area contributed by atoms with Crippen LogP contribution >= 0.6 is 12.6 Å². The van der Waals surface area contributed by atoms with Crippen LogP contribution < -0.4 is 5.32 Å². The van der Waals surface area contributed by atoms with Crippen molar-refractivity contribution in [2.45, 2.75) is 26.3 Å². The lowest BCUT2D eigenvalue weighted by Crippen LogP contribution is -2.12. The highest BCUT2D eigenvalue weighted by molar-refractivity contribution is 7.80. The minimum atomic E-state index is -2.46. The van der Waals surface area contributed by atoms with Crippen molar-refractivity contribution in [1.29, 1.82) is 0 Å². The number of anilines is 1. The van der Waals surface area contributed by atoms with Crippen molar-refractivity contribution in [3.8, 4) is 0 Å². The average Bonchev–Trinajstić information content (AvgIpc) is 2.45. The number of hydrogen-bond acceptors (Lipinski definition) is 3. The maximum atomic E-state index is 12.1. The van der Waals surface area contributed by atoms with Gasteiger partial charge in [0.1, 0.15) is 6.54 Å². The van der Waals surface area contributed by atoms with Gasteiger partial charge in [0.2, 0.25) is 5.91 Å². The van der Waals surface area contributed by atoms with E-state index in [2.05, 4.69) is 23.0 Å². The standard InChI is InChI=1S/C9H13F2N3OS/c1-6-7(12-9(15)2-3-16)4-14(13-6)5-8(10)11/h4,8,16H,2-3,5H2,1H3,(H,12,15). The molecule has 1 aromatic heterocycles. The second-order valence-electron chi connectivity index (χ2n) is 3.26. The number of amides is 1. The average molecular weight is 249 g/mol. The van der Waals surface area contributed by atoms with Crippen molar-refractivity contribution in [3.05, 3.63) is 11.9 Å². The first-order chi connectivity index (χ1) is 7.52. The minimum absolute atomic E-state index is 0.199. The van der Waals surface area contributed by atoms with Crippen LogP contribution in [0.3, 0.4) is 0 Å². The van der Waals surface area contributed by atoms with Gasteiger partial charge in [-0.1, -0.05) is 0 Å². The number of carbonyl (C=O) groups is 1. The normalized spacial score (nSPS) is 10.8. The van der Waals surface area contributed by atoms with Gasteiger partial charge in [-0.15, -0.1) is 0 Å². The van der Waals surface area contributed by atoms with Crippen molar-refractivity contribution in [2.24, 2.45) is 0 Å². The van der Waals surface area contributed by atoms with Crippen LogP contribution in [0, 0.1) is 6.92 Å². The maximum absolute atomic E-state index is 12.1. The Hall–Kier alpha value is -1.11.